The zero-order valence-corrected chi connectivity index (χ0v) is 24.4. The lowest BCUT2D eigenvalue weighted by Gasteiger charge is -2.36. The molecular weight excluding hydrogens is 540 g/mol. The Bertz CT molecular complexity index is 1480. The maximum absolute atomic E-state index is 13.5. The van der Waals surface area contributed by atoms with E-state index in [9.17, 15) is 9.59 Å². The number of carbonyl (C=O) groups is 2. The van der Waals surface area contributed by atoms with E-state index in [-0.39, 0.29) is 29.9 Å². The summed E-state index contributed by atoms with van der Waals surface area (Å²) in [4.78, 5) is 43.3. The number of benzene rings is 2. The number of fused-ring (bicyclic) bond motifs is 2. The second-order valence-electron chi connectivity index (χ2n) is 10.4. The number of likely N-dealkylation sites (N-methyl/N-ethyl adjacent to an activating group) is 1. The third kappa shape index (κ3) is 6.70. The highest BCUT2D eigenvalue weighted by Crippen LogP contribution is 2.28. The van der Waals surface area contributed by atoms with Gasteiger partial charge in [0, 0.05) is 69.5 Å². The van der Waals surface area contributed by atoms with Gasteiger partial charge in [-0.15, -0.1) is 11.3 Å². The predicted molar refractivity (Wildman–Crippen MR) is 158 cm³/mol. The fraction of sp³-hybridized carbons (Fsp3) is 0.367. The Kier molecular flexibility index (Phi) is 8.87. The molecule has 3 atom stereocenters. The average Bonchev–Trinajstić information content (AvgIpc) is 3.43. The van der Waals surface area contributed by atoms with E-state index in [2.05, 4.69) is 39.0 Å². The minimum absolute atomic E-state index is 0.00346. The van der Waals surface area contributed by atoms with E-state index in [1.807, 2.05) is 36.7 Å². The standard InChI is InChI=1S/C30H34N6O4S/c1-19-14-36(15-21-12-31-18-32-13-21)20(2)17-40-25-11-22(9-10-23(25)30(38)35(3)16-26(19)39-4)33-28(37)29-34-24-7-5-6-8-27(24)41-29/h5-13,18-20,26H,14-17H2,1-4H3,(H,33,37)/t19-,20-,26+/m0/s1. The quantitative estimate of drug-likeness (QED) is 0.375. The van der Waals surface area contributed by atoms with Gasteiger partial charge in [-0.25, -0.2) is 15.0 Å². The summed E-state index contributed by atoms with van der Waals surface area (Å²) in [5.41, 5.74) is 2.72. The molecule has 0 unspecified atom stereocenters. The predicted octanol–water partition coefficient (Wildman–Crippen LogP) is 4.34. The highest BCUT2D eigenvalue weighted by atomic mass is 32.1. The number of para-hydroxylation sites is 1. The summed E-state index contributed by atoms with van der Waals surface area (Å²) >= 11 is 1.33. The van der Waals surface area contributed by atoms with Crippen molar-refractivity contribution in [2.45, 2.75) is 32.5 Å². The van der Waals surface area contributed by atoms with E-state index in [0.29, 0.717) is 41.7 Å². The van der Waals surface area contributed by atoms with Crippen LogP contribution in [0.4, 0.5) is 5.69 Å². The Morgan fingerprint density at radius 3 is 2.68 bits per heavy atom. The number of hydrogen-bond donors (Lipinski definition) is 1. The van der Waals surface area contributed by atoms with Crippen molar-refractivity contribution >= 4 is 39.1 Å². The molecule has 0 fully saturated rings. The van der Waals surface area contributed by atoms with Gasteiger partial charge in [0.1, 0.15) is 18.7 Å². The van der Waals surface area contributed by atoms with Crippen molar-refractivity contribution in [3.8, 4) is 5.75 Å². The zero-order valence-electron chi connectivity index (χ0n) is 23.6. The van der Waals surface area contributed by atoms with Crippen molar-refractivity contribution in [3.05, 3.63) is 77.3 Å². The molecule has 0 spiro atoms. The van der Waals surface area contributed by atoms with Gasteiger partial charge in [0.25, 0.3) is 11.8 Å². The molecule has 5 rings (SSSR count). The Labute approximate surface area is 243 Å². The first-order valence-electron chi connectivity index (χ1n) is 13.5. The van der Waals surface area contributed by atoms with Crippen molar-refractivity contribution in [2.75, 3.05) is 39.2 Å². The van der Waals surface area contributed by atoms with Gasteiger partial charge in [0.05, 0.1) is 21.9 Å². The molecule has 214 valence electrons. The smallest absolute Gasteiger partial charge is 0.284 e. The van der Waals surface area contributed by atoms with E-state index in [4.69, 9.17) is 9.47 Å². The Hall–Kier alpha value is -3.93. The molecule has 41 heavy (non-hydrogen) atoms. The van der Waals surface area contributed by atoms with E-state index in [1.54, 1.807) is 37.3 Å². The van der Waals surface area contributed by atoms with Gasteiger partial charge >= 0.3 is 0 Å². The molecule has 2 amide bonds. The summed E-state index contributed by atoms with van der Waals surface area (Å²) in [7, 11) is 3.45. The third-order valence-corrected chi connectivity index (χ3v) is 8.36. The lowest BCUT2D eigenvalue weighted by atomic mass is 10.0. The van der Waals surface area contributed by atoms with Crippen molar-refractivity contribution in [2.24, 2.45) is 5.92 Å². The van der Waals surface area contributed by atoms with Crippen LogP contribution >= 0.6 is 11.3 Å². The Morgan fingerprint density at radius 2 is 1.93 bits per heavy atom. The minimum Gasteiger partial charge on any atom is -0.491 e. The molecule has 11 heteroatoms. The van der Waals surface area contributed by atoms with Gasteiger partial charge < -0.3 is 19.7 Å². The van der Waals surface area contributed by atoms with Crippen molar-refractivity contribution < 1.29 is 19.1 Å². The zero-order chi connectivity index (χ0) is 28.9. The van der Waals surface area contributed by atoms with Crippen molar-refractivity contribution in [3.63, 3.8) is 0 Å². The number of nitrogens with zero attached hydrogens (tertiary/aromatic N) is 5. The normalized spacial score (nSPS) is 20.5. The first-order valence-corrected chi connectivity index (χ1v) is 14.3. The number of ether oxygens (including phenoxy) is 2. The minimum atomic E-state index is -0.315. The number of thiazole rings is 1. The number of amides is 2. The number of carbonyl (C=O) groups excluding carboxylic acids is 2. The van der Waals surface area contributed by atoms with Crippen LogP contribution < -0.4 is 10.1 Å². The van der Waals surface area contributed by atoms with E-state index in [0.717, 1.165) is 22.3 Å². The summed E-state index contributed by atoms with van der Waals surface area (Å²) in [5, 5.41) is 3.28. The Balaban J connectivity index is 1.42. The number of rotatable bonds is 5. The molecule has 4 aromatic rings. The molecule has 1 aliphatic rings. The topological polar surface area (TPSA) is 110 Å². The molecule has 0 saturated carbocycles. The van der Waals surface area contributed by atoms with Crippen LogP contribution in [-0.4, -0.2) is 82.6 Å². The summed E-state index contributed by atoms with van der Waals surface area (Å²) in [6.07, 6.45) is 4.99. The first-order chi connectivity index (χ1) is 19.8. The highest BCUT2D eigenvalue weighted by Gasteiger charge is 2.28. The highest BCUT2D eigenvalue weighted by molar-refractivity contribution is 7.20. The maximum Gasteiger partial charge on any atom is 0.284 e. The van der Waals surface area contributed by atoms with E-state index >= 15 is 0 Å². The second-order valence-corrected chi connectivity index (χ2v) is 11.5. The average molecular weight is 575 g/mol. The number of methoxy groups -OCH3 is 1. The van der Waals surface area contributed by atoms with E-state index in [1.165, 1.54) is 17.7 Å². The molecule has 1 N–H and O–H groups in total. The van der Waals surface area contributed by atoms with Gasteiger partial charge in [-0.2, -0.15) is 0 Å². The molecule has 0 aliphatic carbocycles. The van der Waals surface area contributed by atoms with Crippen LogP contribution in [0.15, 0.2) is 61.2 Å². The molecule has 0 saturated heterocycles. The van der Waals surface area contributed by atoms with E-state index < -0.39 is 0 Å². The molecule has 10 nitrogen and oxygen atoms in total. The molecular formula is C30H34N6O4S. The Morgan fingerprint density at radius 1 is 1.15 bits per heavy atom. The largest absolute Gasteiger partial charge is 0.491 e. The molecule has 2 aromatic carbocycles. The lowest BCUT2D eigenvalue weighted by molar-refractivity contribution is 0.00918. The monoisotopic (exact) mass is 574 g/mol. The fourth-order valence-electron chi connectivity index (χ4n) is 4.95. The second kappa shape index (κ2) is 12.7. The number of hydrogen-bond acceptors (Lipinski definition) is 9. The molecule has 3 heterocycles. The number of aromatic nitrogens is 3. The summed E-state index contributed by atoms with van der Waals surface area (Å²) < 4.78 is 13.1. The van der Waals surface area contributed by atoms with Gasteiger partial charge in [-0.1, -0.05) is 19.1 Å². The van der Waals surface area contributed by atoms with Crippen molar-refractivity contribution in [1.29, 1.82) is 0 Å². The van der Waals surface area contributed by atoms with Crippen LogP contribution in [0.2, 0.25) is 0 Å². The van der Waals surface area contributed by atoms with Gasteiger partial charge in [0.2, 0.25) is 0 Å². The molecule has 0 radical (unpaired) electrons. The van der Waals surface area contributed by atoms with Crippen LogP contribution in [0.3, 0.4) is 0 Å². The van der Waals surface area contributed by atoms with Gasteiger partial charge in [0.15, 0.2) is 5.01 Å². The number of nitrogens with one attached hydrogen (secondary N) is 1. The molecule has 2 aromatic heterocycles. The summed E-state index contributed by atoms with van der Waals surface area (Å²) in [6, 6.07) is 12.7. The van der Waals surface area contributed by atoms with Crippen LogP contribution in [0.5, 0.6) is 5.75 Å². The van der Waals surface area contributed by atoms with Crippen LogP contribution in [0.25, 0.3) is 10.2 Å². The summed E-state index contributed by atoms with van der Waals surface area (Å²) in [6.45, 7) is 6.35. The van der Waals surface area contributed by atoms with Crippen LogP contribution in [0, 0.1) is 5.92 Å². The van der Waals surface area contributed by atoms with Crippen LogP contribution in [0.1, 0.15) is 39.6 Å². The molecule has 1 aliphatic heterocycles. The van der Waals surface area contributed by atoms with Crippen molar-refractivity contribution in [1.82, 2.24) is 24.8 Å². The van der Waals surface area contributed by atoms with Crippen LogP contribution in [-0.2, 0) is 11.3 Å². The lowest BCUT2D eigenvalue weighted by Crippen LogP contribution is -2.46. The van der Waals surface area contributed by atoms with Gasteiger partial charge in [-0.05, 0) is 37.1 Å². The number of anilines is 1. The maximum atomic E-state index is 13.5. The fourth-order valence-corrected chi connectivity index (χ4v) is 5.81. The summed E-state index contributed by atoms with van der Waals surface area (Å²) in [5.74, 6) is 0.0526. The van der Waals surface area contributed by atoms with Gasteiger partial charge in [-0.3, -0.25) is 14.5 Å². The SMILES string of the molecule is CO[C@@H]1CN(C)C(=O)c2ccc(NC(=O)c3nc4ccccc4s3)cc2OC[C@H](C)N(Cc2cncnc2)C[C@@H]1C. The third-order valence-electron chi connectivity index (χ3n) is 7.32. The first kappa shape index (κ1) is 28.6. The molecule has 0 bridgehead atoms.